The number of carbonyl (C=O) groups excluding carboxylic acids is 3. The van der Waals surface area contributed by atoms with Gasteiger partial charge in [-0.2, -0.15) is 0 Å². The fourth-order valence-electron chi connectivity index (χ4n) is 3.11. The normalized spacial score (nSPS) is 26.9. The summed E-state index contributed by atoms with van der Waals surface area (Å²) in [5, 5.41) is 2.32. The molecule has 1 spiro atoms. The Labute approximate surface area is 106 Å². The minimum absolute atomic E-state index is 0.269. The highest BCUT2D eigenvalue weighted by atomic mass is 16.2. The first-order chi connectivity index (χ1) is 8.63. The summed E-state index contributed by atoms with van der Waals surface area (Å²) < 4.78 is 0. The predicted octanol–water partition coefficient (Wildman–Crippen LogP) is 1.43. The van der Waals surface area contributed by atoms with Crippen molar-refractivity contribution in [2.24, 2.45) is 11.3 Å². The lowest BCUT2D eigenvalue weighted by molar-refractivity contribution is -0.144. The molecule has 1 heterocycles. The van der Waals surface area contributed by atoms with Crippen LogP contribution in [0.5, 0.6) is 0 Å². The van der Waals surface area contributed by atoms with Crippen LogP contribution in [-0.4, -0.2) is 29.3 Å². The van der Waals surface area contributed by atoms with Gasteiger partial charge >= 0.3 is 6.03 Å². The van der Waals surface area contributed by atoms with Gasteiger partial charge in [0.1, 0.15) is 5.41 Å². The van der Waals surface area contributed by atoms with Crippen LogP contribution in [0.25, 0.3) is 0 Å². The van der Waals surface area contributed by atoms with Crippen molar-refractivity contribution in [1.29, 1.82) is 0 Å². The van der Waals surface area contributed by atoms with Crippen LogP contribution in [0.2, 0.25) is 0 Å². The molecule has 0 atom stereocenters. The van der Waals surface area contributed by atoms with Crippen LogP contribution in [0, 0.1) is 11.3 Å². The molecule has 3 aliphatic rings. The number of amides is 4. The molecule has 0 radical (unpaired) electrons. The van der Waals surface area contributed by atoms with Crippen molar-refractivity contribution in [2.75, 3.05) is 6.54 Å². The largest absolute Gasteiger partial charge is 0.330 e. The highest BCUT2D eigenvalue weighted by molar-refractivity contribution is 6.20. The van der Waals surface area contributed by atoms with Gasteiger partial charge in [0.05, 0.1) is 0 Å². The summed E-state index contributed by atoms with van der Waals surface area (Å²) in [7, 11) is 0. The summed E-state index contributed by atoms with van der Waals surface area (Å²) in [5.41, 5.74) is -0.885. The SMILES string of the molecule is O=C1NC(=O)C2(CC2)C(=O)N1CCC1CCCC1. The highest BCUT2D eigenvalue weighted by Crippen LogP contribution is 2.49. The maximum absolute atomic E-state index is 12.2. The minimum Gasteiger partial charge on any atom is -0.277 e. The zero-order valence-corrected chi connectivity index (χ0v) is 10.4. The van der Waals surface area contributed by atoms with Gasteiger partial charge in [-0.1, -0.05) is 25.7 Å². The Morgan fingerprint density at radius 2 is 1.83 bits per heavy atom. The average Bonchev–Trinajstić information content (AvgIpc) is 2.99. The number of rotatable bonds is 3. The molecule has 3 fully saturated rings. The van der Waals surface area contributed by atoms with E-state index in [4.69, 9.17) is 0 Å². The molecule has 0 unspecified atom stereocenters. The van der Waals surface area contributed by atoms with Gasteiger partial charge in [0.15, 0.2) is 0 Å². The van der Waals surface area contributed by atoms with Gasteiger partial charge in [0.25, 0.3) is 0 Å². The van der Waals surface area contributed by atoms with E-state index in [1.165, 1.54) is 30.6 Å². The predicted molar refractivity (Wildman–Crippen MR) is 63.5 cm³/mol. The molecule has 0 aromatic heterocycles. The third-order valence-electron chi connectivity index (χ3n) is 4.54. The Morgan fingerprint density at radius 3 is 2.44 bits per heavy atom. The number of barbiturate groups is 1. The van der Waals surface area contributed by atoms with Gasteiger partial charge in [-0.15, -0.1) is 0 Å². The molecule has 1 saturated heterocycles. The van der Waals surface area contributed by atoms with Crippen molar-refractivity contribution in [1.82, 2.24) is 10.2 Å². The third-order valence-corrected chi connectivity index (χ3v) is 4.54. The maximum Gasteiger partial charge on any atom is 0.330 e. The standard InChI is InChI=1S/C13H18N2O3/c16-10-13(6-7-13)11(17)15(12(18)14-10)8-5-9-3-1-2-4-9/h9H,1-8H2,(H,14,16,18). The van der Waals surface area contributed by atoms with Crippen molar-refractivity contribution >= 4 is 17.8 Å². The van der Waals surface area contributed by atoms with E-state index in [2.05, 4.69) is 5.32 Å². The molecule has 1 aliphatic heterocycles. The van der Waals surface area contributed by atoms with Crippen molar-refractivity contribution in [3.05, 3.63) is 0 Å². The summed E-state index contributed by atoms with van der Waals surface area (Å²) in [4.78, 5) is 36.8. The lowest BCUT2D eigenvalue weighted by Crippen LogP contribution is -2.59. The summed E-state index contributed by atoms with van der Waals surface area (Å²) >= 11 is 0. The minimum atomic E-state index is -0.885. The molecule has 0 aromatic rings. The summed E-state index contributed by atoms with van der Waals surface area (Å²) in [6.07, 6.45) is 6.97. The number of nitrogens with one attached hydrogen (secondary N) is 1. The van der Waals surface area contributed by atoms with Crippen molar-refractivity contribution < 1.29 is 14.4 Å². The molecule has 18 heavy (non-hydrogen) atoms. The summed E-state index contributed by atoms with van der Waals surface area (Å²) in [6, 6.07) is -0.527. The highest BCUT2D eigenvalue weighted by Gasteiger charge is 2.62. The number of hydrogen-bond donors (Lipinski definition) is 1. The number of carbonyl (C=O) groups is 3. The molecular formula is C13H18N2O3. The molecule has 1 N–H and O–H groups in total. The molecule has 0 bridgehead atoms. The van der Waals surface area contributed by atoms with Crippen LogP contribution in [0.4, 0.5) is 4.79 Å². The zero-order chi connectivity index (χ0) is 12.8. The maximum atomic E-state index is 12.2. The Morgan fingerprint density at radius 1 is 1.17 bits per heavy atom. The molecular weight excluding hydrogens is 232 g/mol. The van der Waals surface area contributed by atoms with Crippen molar-refractivity contribution in [2.45, 2.75) is 44.9 Å². The van der Waals surface area contributed by atoms with Crippen molar-refractivity contribution in [3.63, 3.8) is 0 Å². The molecule has 2 aliphatic carbocycles. The Balaban J connectivity index is 1.65. The summed E-state index contributed by atoms with van der Waals surface area (Å²) in [6.45, 7) is 0.463. The second-order valence-electron chi connectivity index (χ2n) is 5.74. The van der Waals surface area contributed by atoms with Crippen LogP contribution < -0.4 is 5.32 Å². The van der Waals surface area contributed by atoms with Gasteiger partial charge in [-0.3, -0.25) is 19.8 Å². The Hall–Kier alpha value is -1.39. The van der Waals surface area contributed by atoms with E-state index in [0.29, 0.717) is 25.3 Å². The Kier molecular flexibility index (Phi) is 2.64. The molecule has 98 valence electrons. The average molecular weight is 250 g/mol. The third kappa shape index (κ3) is 1.72. The smallest absolute Gasteiger partial charge is 0.277 e. The van der Waals surface area contributed by atoms with Crippen LogP contribution in [0.3, 0.4) is 0 Å². The number of nitrogens with zero attached hydrogens (tertiary/aromatic N) is 1. The van der Waals surface area contributed by atoms with E-state index >= 15 is 0 Å². The van der Waals surface area contributed by atoms with E-state index in [0.717, 1.165) is 6.42 Å². The number of hydrogen-bond acceptors (Lipinski definition) is 3. The zero-order valence-electron chi connectivity index (χ0n) is 10.4. The summed E-state index contributed by atoms with van der Waals surface area (Å²) in [5.74, 6) is -0.0257. The first kappa shape index (κ1) is 11.7. The van der Waals surface area contributed by atoms with Gasteiger partial charge < -0.3 is 0 Å². The van der Waals surface area contributed by atoms with Crippen LogP contribution in [0.1, 0.15) is 44.9 Å². The second kappa shape index (κ2) is 4.07. The lowest BCUT2D eigenvalue weighted by atomic mass is 10.00. The van der Waals surface area contributed by atoms with Crippen LogP contribution in [0.15, 0.2) is 0 Å². The van der Waals surface area contributed by atoms with Gasteiger partial charge in [0, 0.05) is 6.54 Å². The van der Waals surface area contributed by atoms with Crippen LogP contribution >= 0.6 is 0 Å². The first-order valence-corrected chi connectivity index (χ1v) is 6.81. The Bertz CT molecular complexity index is 408. The van der Waals surface area contributed by atoms with E-state index in [1.54, 1.807) is 0 Å². The quantitative estimate of drug-likeness (QED) is 0.770. The fourth-order valence-corrected chi connectivity index (χ4v) is 3.11. The number of imide groups is 2. The van der Waals surface area contributed by atoms with E-state index in [-0.39, 0.29) is 5.91 Å². The molecule has 3 rings (SSSR count). The monoisotopic (exact) mass is 250 g/mol. The second-order valence-corrected chi connectivity index (χ2v) is 5.74. The van der Waals surface area contributed by atoms with Gasteiger partial charge in [-0.05, 0) is 25.2 Å². The van der Waals surface area contributed by atoms with Gasteiger partial charge in [0.2, 0.25) is 11.8 Å². The molecule has 0 aromatic carbocycles. The fraction of sp³-hybridized carbons (Fsp3) is 0.769. The van der Waals surface area contributed by atoms with E-state index in [1.807, 2.05) is 0 Å². The van der Waals surface area contributed by atoms with Crippen LogP contribution in [-0.2, 0) is 9.59 Å². The van der Waals surface area contributed by atoms with Gasteiger partial charge in [-0.25, -0.2) is 4.79 Å². The topological polar surface area (TPSA) is 66.5 Å². The molecule has 2 saturated carbocycles. The van der Waals surface area contributed by atoms with E-state index < -0.39 is 17.4 Å². The first-order valence-electron chi connectivity index (χ1n) is 6.81. The van der Waals surface area contributed by atoms with Crippen molar-refractivity contribution in [3.8, 4) is 0 Å². The lowest BCUT2D eigenvalue weighted by Gasteiger charge is -2.30. The molecule has 5 nitrogen and oxygen atoms in total. The molecule has 5 heteroatoms. The number of urea groups is 1. The molecule has 4 amide bonds. The van der Waals surface area contributed by atoms with E-state index in [9.17, 15) is 14.4 Å².